The lowest BCUT2D eigenvalue weighted by atomic mass is 9.85. The highest BCUT2D eigenvalue weighted by Gasteiger charge is 2.36. The third-order valence-electron chi connectivity index (χ3n) is 8.27. The van der Waals surface area contributed by atoms with Gasteiger partial charge in [0.05, 0.1) is 43.8 Å². The van der Waals surface area contributed by atoms with E-state index in [1.165, 1.54) is 24.0 Å². The molecule has 1 aliphatic carbocycles. The Morgan fingerprint density at radius 1 is 1.00 bits per heavy atom. The summed E-state index contributed by atoms with van der Waals surface area (Å²) in [5, 5.41) is 13.3. The molecule has 2 N–H and O–H groups in total. The van der Waals surface area contributed by atoms with Crippen LogP contribution < -0.4 is 15.0 Å². The zero-order chi connectivity index (χ0) is 28.4. The number of methoxy groups -OCH3 is 1. The van der Waals surface area contributed by atoms with Gasteiger partial charge in [0.1, 0.15) is 12.4 Å². The Bertz CT molecular complexity index is 1060. The molecule has 0 amide bonds. The summed E-state index contributed by atoms with van der Waals surface area (Å²) in [4.78, 5) is 2.38. The predicted molar refractivity (Wildman–Crippen MR) is 160 cm³/mol. The Balaban J connectivity index is 1.26. The van der Waals surface area contributed by atoms with Gasteiger partial charge in [-0.2, -0.15) is 0 Å². The molecule has 8 heteroatoms. The summed E-state index contributed by atoms with van der Waals surface area (Å²) in [6.45, 7) is 9.13. The summed E-state index contributed by atoms with van der Waals surface area (Å²) in [5.41, 5.74) is 4.67. The highest BCUT2D eigenvalue weighted by molar-refractivity contribution is 5.61. The van der Waals surface area contributed by atoms with Crippen LogP contribution in [0.5, 0.6) is 5.75 Å². The molecule has 0 radical (unpaired) electrons. The van der Waals surface area contributed by atoms with E-state index in [2.05, 4.69) is 52.7 Å². The van der Waals surface area contributed by atoms with E-state index >= 15 is 0 Å². The predicted octanol–water partition coefficient (Wildman–Crippen LogP) is 4.28. The molecule has 2 fully saturated rings. The van der Waals surface area contributed by atoms with Crippen molar-refractivity contribution in [1.82, 2.24) is 5.32 Å². The van der Waals surface area contributed by atoms with Gasteiger partial charge in [-0.15, -0.1) is 0 Å². The Morgan fingerprint density at radius 2 is 1.78 bits per heavy atom. The Kier molecular flexibility index (Phi) is 11.3. The lowest BCUT2D eigenvalue weighted by Gasteiger charge is -2.39. The molecule has 2 aromatic rings. The second-order valence-corrected chi connectivity index (χ2v) is 11.8. The summed E-state index contributed by atoms with van der Waals surface area (Å²) in [6.07, 6.45) is 3.73. The van der Waals surface area contributed by atoms with Crippen LogP contribution >= 0.6 is 0 Å². The maximum Gasteiger partial charge on any atom is 0.142 e. The van der Waals surface area contributed by atoms with Gasteiger partial charge >= 0.3 is 0 Å². The minimum absolute atomic E-state index is 0.0438. The number of hydrogen-bond donors (Lipinski definition) is 2. The van der Waals surface area contributed by atoms with Gasteiger partial charge in [0.15, 0.2) is 0 Å². The highest BCUT2D eigenvalue weighted by atomic mass is 16.5. The number of hydrogen-bond acceptors (Lipinski definition) is 8. The molecule has 2 heterocycles. The van der Waals surface area contributed by atoms with Gasteiger partial charge in [-0.25, -0.2) is 0 Å². The molecule has 226 valence electrons. The third kappa shape index (κ3) is 8.89. The third-order valence-corrected chi connectivity index (χ3v) is 8.27. The van der Waals surface area contributed by atoms with Gasteiger partial charge in [-0.3, -0.25) is 0 Å². The average Bonchev–Trinajstić information content (AvgIpc) is 3.81. The van der Waals surface area contributed by atoms with Crippen LogP contribution in [-0.4, -0.2) is 83.1 Å². The van der Waals surface area contributed by atoms with Gasteiger partial charge in [0, 0.05) is 52.5 Å². The molecule has 2 aliphatic heterocycles. The van der Waals surface area contributed by atoms with E-state index in [0.29, 0.717) is 32.8 Å². The maximum atomic E-state index is 9.78. The topological polar surface area (TPSA) is 81.7 Å². The molecule has 3 aliphatic rings. The summed E-state index contributed by atoms with van der Waals surface area (Å²) in [6, 6.07) is 15.2. The number of aliphatic hydroxyl groups excluding tert-OH is 1. The highest BCUT2D eigenvalue weighted by Crippen LogP contribution is 2.35. The van der Waals surface area contributed by atoms with E-state index < -0.39 is 0 Å². The van der Waals surface area contributed by atoms with Crippen molar-refractivity contribution in [3.8, 4) is 5.75 Å². The second-order valence-electron chi connectivity index (χ2n) is 11.8. The molecular formula is C33H48N2O6. The van der Waals surface area contributed by atoms with Crippen LogP contribution in [0.3, 0.4) is 0 Å². The number of aliphatic hydroxyl groups is 1. The first-order chi connectivity index (χ1) is 20.1. The molecule has 0 spiro atoms. The zero-order valence-electron chi connectivity index (χ0n) is 24.8. The molecule has 0 aromatic heterocycles. The molecule has 1 saturated heterocycles. The van der Waals surface area contributed by atoms with Gasteiger partial charge in [-0.05, 0) is 67.3 Å². The van der Waals surface area contributed by atoms with Crippen molar-refractivity contribution in [3.05, 3.63) is 59.2 Å². The van der Waals surface area contributed by atoms with Crippen LogP contribution in [0.15, 0.2) is 42.5 Å². The standard InChI is InChI=1S/C33H48N2O6/c1-24(36)12-16-39-31-19-34-20-32(33(31)28-9-6-26(7-10-28)22-38-21-25-4-5-25)41-23-27-8-11-30-29(18-27)35(14-17-40-30)13-3-15-37-2/h6-11,18,24-25,31-34,36H,3-5,12-17,19-23H2,1-2H3/t24?,31-,32+,33+/m1/s1. The number of piperidine rings is 1. The number of ether oxygens (including phenoxy) is 5. The Hall–Kier alpha value is -2.20. The van der Waals surface area contributed by atoms with Gasteiger partial charge < -0.3 is 39.0 Å². The van der Waals surface area contributed by atoms with Crippen molar-refractivity contribution in [2.45, 2.75) is 70.1 Å². The van der Waals surface area contributed by atoms with Crippen LogP contribution in [0.25, 0.3) is 0 Å². The number of anilines is 1. The molecule has 4 atom stereocenters. The summed E-state index contributed by atoms with van der Waals surface area (Å²) in [5.74, 6) is 1.78. The summed E-state index contributed by atoms with van der Waals surface area (Å²) in [7, 11) is 1.75. The summed E-state index contributed by atoms with van der Waals surface area (Å²) >= 11 is 0. The molecule has 5 rings (SSSR count). The van der Waals surface area contributed by atoms with Gasteiger partial charge in [-0.1, -0.05) is 30.3 Å². The number of rotatable bonds is 16. The molecule has 0 bridgehead atoms. The van der Waals surface area contributed by atoms with Crippen LogP contribution in [0.2, 0.25) is 0 Å². The van der Waals surface area contributed by atoms with Crippen LogP contribution in [0.1, 0.15) is 55.2 Å². The lowest BCUT2D eigenvalue weighted by molar-refractivity contribution is -0.0639. The fraction of sp³-hybridized carbons (Fsp3) is 0.636. The summed E-state index contributed by atoms with van der Waals surface area (Å²) < 4.78 is 30.1. The van der Waals surface area contributed by atoms with E-state index in [1.807, 2.05) is 0 Å². The van der Waals surface area contributed by atoms with E-state index in [0.717, 1.165) is 68.7 Å². The normalized spacial score (nSPS) is 23.2. The maximum absolute atomic E-state index is 9.78. The fourth-order valence-corrected chi connectivity index (χ4v) is 5.71. The van der Waals surface area contributed by atoms with Crippen LogP contribution in [0.4, 0.5) is 5.69 Å². The first kappa shape index (κ1) is 30.3. The van der Waals surface area contributed by atoms with Crippen molar-refractivity contribution in [1.29, 1.82) is 0 Å². The Labute approximate surface area is 245 Å². The van der Waals surface area contributed by atoms with Crippen molar-refractivity contribution in [3.63, 3.8) is 0 Å². The van der Waals surface area contributed by atoms with Gasteiger partial charge in [0.2, 0.25) is 0 Å². The quantitative estimate of drug-likeness (QED) is 0.291. The number of nitrogens with one attached hydrogen (secondary N) is 1. The molecule has 1 unspecified atom stereocenters. The van der Waals surface area contributed by atoms with E-state index in [9.17, 15) is 5.11 Å². The van der Waals surface area contributed by atoms with E-state index in [4.69, 9.17) is 23.7 Å². The van der Waals surface area contributed by atoms with Gasteiger partial charge in [0.25, 0.3) is 0 Å². The van der Waals surface area contributed by atoms with E-state index in [-0.39, 0.29) is 24.2 Å². The molecular weight excluding hydrogens is 520 g/mol. The largest absolute Gasteiger partial charge is 0.490 e. The fourth-order valence-electron chi connectivity index (χ4n) is 5.71. The minimum atomic E-state index is -0.381. The first-order valence-electron chi connectivity index (χ1n) is 15.4. The van der Waals surface area contributed by atoms with Crippen LogP contribution in [-0.2, 0) is 32.2 Å². The smallest absolute Gasteiger partial charge is 0.142 e. The molecule has 2 aromatic carbocycles. The minimum Gasteiger partial charge on any atom is -0.490 e. The number of benzene rings is 2. The Morgan fingerprint density at radius 3 is 2.54 bits per heavy atom. The van der Waals surface area contributed by atoms with Crippen LogP contribution in [0, 0.1) is 5.92 Å². The lowest BCUT2D eigenvalue weighted by Crippen LogP contribution is -2.50. The molecule has 1 saturated carbocycles. The molecule has 8 nitrogen and oxygen atoms in total. The van der Waals surface area contributed by atoms with Crippen molar-refractivity contribution < 1.29 is 28.8 Å². The van der Waals surface area contributed by atoms with Crippen molar-refractivity contribution in [2.24, 2.45) is 5.92 Å². The van der Waals surface area contributed by atoms with Crippen molar-refractivity contribution >= 4 is 5.69 Å². The van der Waals surface area contributed by atoms with Crippen molar-refractivity contribution in [2.75, 3.05) is 64.6 Å². The van der Waals surface area contributed by atoms with E-state index in [1.54, 1.807) is 14.0 Å². The second kappa shape index (κ2) is 15.3. The SMILES string of the molecule is COCCCN1CCOc2ccc(CO[C@H]3CNC[C@@H](OCCC(C)O)[C@@H]3c3ccc(COCC4CC4)cc3)cc21. The monoisotopic (exact) mass is 568 g/mol. The average molecular weight is 569 g/mol. The first-order valence-corrected chi connectivity index (χ1v) is 15.4. The molecule has 41 heavy (non-hydrogen) atoms. The number of fused-ring (bicyclic) bond motifs is 1. The zero-order valence-corrected chi connectivity index (χ0v) is 24.8. The number of nitrogens with zero attached hydrogens (tertiary/aromatic N) is 1.